The van der Waals surface area contributed by atoms with E-state index in [2.05, 4.69) is 12.2 Å². The normalized spacial score (nSPS) is 12.6. The molecule has 17 heavy (non-hydrogen) atoms. The van der Waals surface area contributed by atoms with Crippen molar-refractivity contribution in [1.29, 1.82) is 0 Å². The van der Waals surface area contributed by atoms with Gasteiger partial charge < -0.3 is 10.1 Å². The minimum Gasteiger partial charge on any atom is -0.385 e. The lowest BCUT2D eigenvalue weighted by Crippen LogP contribution is -2.23. The second-order valence-electron chi connectivity index (χ2n) is 4.24. The van der Waals surface area contributed by atoms with Gasteiger partial charge in [-0.1, -0.05) is 19.1 Å². The topological polar surface area (TPSA) is 21.3 Å². The Labute approximate surface area is 103 Å². The lowest BCUT2D eigenvalue weighted by Gasteiger charge is -2.17. The van der Waals surface area contributed by atoms with Crippen LogP contribution >= 0.6 is 0 Å². The van der Waals surface area contributed by atoms with Crippen LogP contribution in [0.2, 0.25) is 0 Å². The van der Waals surface area contributed by atoms with Crippen LogP contribution in [-0.2, 0) is 4.74 Å². The molecule has 1 unspecified atom stereocenters. The van der Waals surface area contributed by atoms with E-state index in [9.17, 15) is 4.39 Å². The number of hydrogen-bond acceptors (Lipinski definition) is 2. The maximum atomic E-state index is 13.2. The van der Waals surface area contributed by atoms with Crippen LogP contribution in [0.15, 0.2) is 24.3 Å². The van der Waals surface area contributed by atoms with Gasteiger partial charge in [-0.25, -0.2) is 4.39 Å². The molecule has 0 amide bonds. The van der Waals surface area contributed by atoms with E-state index in [1.54, 1.807) is 19.2 Å². The summed E-state index contributed by atoms with van der Waals surface area (Å²) in [7, 11) is 1.70. The van der Waals surface area contributed by atoms with E-state index >= 15 is 0 Å². The summed E-state index contributed by atoms with van der Waals surface area (Å²) in [6.07, 6.45) is 2.02. The fraction of sp³-hybridized carbons (Fsp3) is 0.571. The molecule has 0 aromatic heterocycles. The van der Waals surface area contributed by atoms with Crippen molar-refractivity contribution in [2.24, 2.45) is 0 Å². The molecular formula is C14H22FNO. The number of rotatable bonds is 8. The minimum atomic E-state index is -0.166. The number of methoxy groups -OCH3 is 1. The van der Waals surface area contributed by atoms with Crippen molar-refractivity contribution in [3.8, 4) is 0 Å². The van der Waals surface area contributed by atoms with E-state index in [1.165, 1.54) is 6.07 Å². The Hall–Kier alpha value is -0.930. The van der Waals surface area contributed by atoms with Crippen molar-refractivity contribution in [3.05, 3.63) is 35.6 Å². The Morgan fingerprint density at radius 2 is 2.24 bits per heavy atom. The third kappa shape index (κ3) is 5.29. The van der Waals surface area contributed by atoms with E-state index in [0.717, 1.165) is 31.5 Å². The summed E-state index contributed by atoms with van der Waals surface area (Å²) in [4.78, 5) is 0. The van der Waals surface area contributed by atoms with E-state index in [0.29, 0.717) is 12.5 Å². The summed E-state index contributed by atoms with van der Waals surface area (Å²) in [5.41, 5.74) is 1.05. The molecule has 0 aliphatic rings. The zero-order valence-electron chi connectivity index (χ0n) is 10.7. The number of nitrogens with one attached hydrogen (secondary N) is 1. The van der Waals surface area contributed by atoms with Gasteiger partial charge in [0, 0.05) is 20.3 Å². The quantitative estimate of drug-likeness (QED) is 0.704. The van der Waals surface area contributed by atoms with E-state index in [1.807, 2.05) is 6.07 Å². The Morgan fingerprint density at radius 1 is 1.41 bits per heavy atom. The van der Waals surface area contributed by atoms with Gasteiger partial charge in [0.1, 0.15) is 5.82 Å². The molecule has 0 aliphatic heterocycles. The molecule has 0 heterocycles. The number of hydrogen-bond donors (Lipinski definition) is 1. The number of benzene rings is 1. The fourth-order valence-corrected chi connectivity index (χ4v) is 1.86. The molecule has 1 N–H and O–H groups in total. The van der Waals surface area contributed by atoms with Gasteiger partial charge in [0.05, 0.1) is 0 Å². The van der Waals surface area contributed by atoms with Gasteiger partial charge in [-0.05, 0) is 43.0 Å². The first kappa shape index (κ1) is 14.1. The summed E-state index contributed by atoms with van der Waals surface area (Å²) in [6, 6.07) is 6.85. The molecule has 1 aromatic carbocycles. The second kappa shape index (κ2) is 8.20. The lowest BCUT2D eigenvalue weighted by molar-refractivity contribution is 0.187. The number of ether oxygens (including phenoxy) is 1. The summed E-state index contributed by atoms with van der Waals surface area (Å²) in [5.74, 6) is 0.151. The standard InChI is InChI=1S/C14H22FNO/c1-3-8-16-11-13(7-9-17-2)12-5-4-6-14(15)10-12/h4-6,10,13,16H,3,7-9,11H2,1-2H3. The molecule has 1 atom stereocenters. The van der Waals surface area contributed by atoms with Crippen molar-refractivity contribution in [2.75, 3.05) is 26.8 Å². The summed E-state index contributed by atoms with van der Waals surface area (Å²) >= 11 is 0. The molecule has 2 nitrogen and oxygen atoms in total. The molecule has 0 saturated heterocycles. The Morgan fingerprint density at radius 3 is 2.88 bits per heavy atom. The molecule has 0 fully saturated rings. The first-order valence-electron chi connectivity index (χ1n) is 6.23. The average molecular weight is 239 g/mol. The first-order chi connectivity index (χ1) is 8.27. The van der Waals surface area contributed by atoms with Crippen LogP contribution in [0.3, 0.4) is 0 Å². The van der Waals surface area contributed by atoms with Crippen LogP contribution in [0.4, 0.5) is 4.39 Å². The third-order valence-corrected chi connectivity index (χ3v) is 2.81. The highest BCUT2D eigenvalue weighted by Crippen LogP contribution is 2.19. The predicted molar refractivity (Wildman–Crippen MR) is 68.8 cm³/mol. The van der Waals surface area contributed by atoms with Gasteiger partial charge in [0.25, 0.3) is 0 Å². The smallest absolute Gasteiger partial charge is 0.123 e. The van der Waals surface area contributed by atoms with Crippen LogP contribution < -0.4 is 5.32 Å². The molecule has 1 aromatic rings. The molecule has 96 valence electrons. The van der Waals surface area contributed by atoms with Crippen LogP contribution in [-0.4, -0.2) is 26.8 Å². The Balaban J connectivity index is 2.60. The SMILES string of the molecule is CCCNCC(CCOC)c1cccc(F)c1. The number of halogens is 1. The molecule has 3 heteroatoms. The minimum absolute atomic E-state index is 0.166. The van der Waals surface area contributed by atoms with Crippen molar-refractivity contribution >= 4 is 0 Å². The van der Waals surface area contributed by atoms with Crippen LogP contribution in [0.5, 0.6) is 0 Å². The van der Waals surface area contributed by atoms with E-state index in [-0.39, 0.29) is 5.82 Å². The highest BCUT2D eigenvalue weighted by Gasteiger charge is 2.11. The van der Waals surface area contributed by atoms with Crippen molar-refractivity contribution in [1.82, 2.24) is 5.32 Å². The maximum absolute atomic E-state index is 13.2. The molecule has 0 saturated carbocycles. The fourth-order valence-electron chi connectivity index (χ4n) is 1.86. The maximum Gasteiger partial charge on any atom is 0.123 e. The van der Waals surface area contributed by atoms with Crippen molar-refractivity contribution < 1.29 is 9.13 Å². The Kier molecular flexibility index (Phi) is 6.82. The monoisotopic (exact) mass is 239 g/mol. The van der Waals surface area contributed by atoms with Gasteiger partial charge in [0.2, 0.25) is 0 Å². The molecular weight excluding hydrogens is 217 g/mol. The van der Waals surface area contributed by atoms with Crippen molar-refractivity contribution in [3.63, 3.8) is 0 Å². The van der Waals surface area contributed by atoms with E-state index < -0.39 is 0 Å². The van der Waals surface area contributed by atoms with Gasteiger partial charge in [0.15, 0.2) is 0 Å². The summed E-state index contributed by atoms with van der Waals surface area (Å²) < 4.78 is 18.3. The van der Waals surface area contributed by atoms with Crippen LogP contribution in [0, 0.1) is 5.82 Å². The zero-order valence-corrected chi connectivity index (χ0v) is 10.7. The zero-order chi connectivity index (χ0) is 12.5. The van der Waals surface area contributed by atoms with E-state index in [4.69, 9.17) is 4.74 Å². The molecule has 0 spiro atoms. The van der Waals surface area contributed by atoms with Gasteiger partial charge >= 0.3 is 0 Å². The summed E-state index contributed by atoms with van der Waals surface area (Å²) in [6.45, 7) is 4.72. The van der Waals surface area contributed by atoms with Crippen molar-refractivity contribution in [2.45, 2.75) is 25.7 Å². The predicted octanol–water partition coefficient (Wildman–Crippen LogP) is 2.95. The average Bonchev–Trinajstić information content (AvgIpc) is 2.33. The van der Waals surface area contributed by atoms with Crippen LogP contribution in [0.25, 0.3) is 0 Å². The van der Waals surface area contributed by atoms with Gasteiger partial charge in [-0.3, -0.25) is 0 Å². The van der Waals surface area contributed by atoms with Crippen LogP contribution in [0.1, 0.15) is 31.2 Å². The highest BCUT2D eigenvalue weighted by molar-refractivity contribution is 5.21. The molecule has 0 radical (unpaired) electrons. The Bertz CT molecular complexity index is 317. The largest absolute Gasteiger partial charge is 0.385 e. The third-order valence-electron chi connectivity index (χ3n) is 2.81. The molecule has 0 bridgehead atoms. The summed E-state index contributed by atoms with van der Waals surface area (Å²) in [5, 5.41) is 3.38. The molecule has 1 rings (SSSR count). The van der Waals surface area contributed by atoms with Gasteiger partial charge in [-0.15, -0.1) is 0 Å². The first-order valence-corrected chi connectivity index (χ1v) is 6.23. The second-order valence-corrected chi connectivity index (χ2v) is 4.24. The lowest BCUT2D eigenvalue weighted by atomic mass is 9.96. The van der Waals surface area contributed by atoms with Gasteiger partial charge in [-0.2, -0.15) is 0 Å². The molecule has 0 aliphatic carbocycles. The highest BCUT2D eigenvalue weighted by atomic mass is 19.1.